The molecule has 2 heterocycles. The average molecular weight is 255 g/mol. The zero-order valence-corrected chi connectivity index (χ0v) is 9.28. The van der Waals surface area contributed by atoms with Crippen molar-refractivity contribution in [3.63, 3.8) is 0 Å². The molecule has 0 atom stereocenters. The first-order valence-electron chi connectivity index (χ1n) is 4.71. The van der Waals surface area contributed by atoms with Crippen molar-refractivity contribution in [1.82, 2.24) is 45.4 Å². The van der Waals surface area contributed by atoms with Crippen LogP contribution >= 0.6 is 0 Å². The van der Waals surface area contributed by atoms with Crippen LogP contribution in [0.2, 0.25) is 0 Å². The molecule has 13 nitrogen and oxygen atoms in total. The Morgan fingerprint density at radius 3 is 2.33 bits per heavy atom. The predicted molar refractivity (Wildman–Crippen MR) is 53.6 cm³/mol. The fourth-order valence-corrected chi connectivity index (χ4v) is 1.14. The maximum absolute atomic E-state index is 10.8. The van der Waals surface area contributed by atoms with Crippen molar-refractivity contribution >= 4 is 5.95 Å². The molecule has 0 aliphatic rings. The van der Waals surface area contributed by atoms with Crippen molar-refractivity contribution in [1.29, 1.82) is 0 Å². The number of anilines is 1. The van der Waals surface area contributed by atoms with Gasteiger partial charge in [-0.05, 0) is 17.4 Å². The third-order valence-corrected chi connectivity index (χ3v) is 1.83. The highest BCUT2D eigenvalue weighted by Gasteiger charge is 2.18. The molecule has 0 saturated heterocycles. The monoisotopic (exact) mass is 255 g/mol. The molecule has 18 heavy (non-hydrogen) atoms. The van der Waals surface area contributed by atoms with Gasteiger partial charge in [-0.3, -0.25) is 0 Å². The van der Waals surface area contributed by atoms with Crippen LogP contribution in [0.4, 0.5) is 5.95 Å². The summed E-state index contributed by atoms with van der Waals surface area (Å²) in [5, 5.41) is 32.6. The molecule has 2 aromatic heterocycles. The number of hydrogen-bond acceptors (Lipinski definition) is 9. The van der Waals surface area contributed by atoms with Crippen molar-refractivity contribution in [3.05, 3.63) is 15.9 Å². The summed E-state index contributed by atoms with van der Waals surface area (Å²) in [6.45, 7) is 1.19. The largest absolute Gasteiger partial charge is 0.365 e. The first-order valence-corrected chi connectivity index (χ1v) is 4.71. The van der Waals surface area contributed by atoms with Crippen LogP contribution in [0.5, 0.6) is 0 Å². The van der Waals surface area contributed by atoms with E-state index in [1.165, 1.54) is 0 Å². The van der Waals surface area contributed by atoms with E-state index in [4.69, 9.17) is 5.73 Å². The SMILES string of the molecule is Cc1nnn(CN(Cn2nnc(N)n2)[N+](=O)[O-])n1. The molecule has 13 heteroatoms. The molecule has 0 saturated carbocycles. The molecule has 0 amide bonds. The smallest absolute Gasteiger partial charge is 0.260 e. The third kappa shape index (κ3) is 2.63. The van der Waals surface area contributed by atoms with E-state index in [0.717, 1.165) is 14.6 Å². The molecule has 2 rings (SSSR count). The zero-order valence-electron chi connectivity index (χ0n) is 9.28. The lowest BCUT2D eigenvalue weighted by atomic mass is 10.8. The van der Waals surface area contributed by atoms with Gasteiger partial charge >= 0.3 is 0 Å². The van der Waals surface area contributed by atoms with E-state index in [-0.39, 0.29) is 19.3 Å². The Hall–Kier alpha value is -2.86. The van der Waals surface area contributed by atoms with Gasteiger partial charge in [-0.25, -0.2) is 10.1 Å². The molecular weight excluding hydrogens is 246 g/mol. The standard InChI is InChI=1S/C5H9N11O2/c1-4-7-11-14(9-4)2-13(16(17)18)3-15-10-5(6)8-12-15/h2-3H2,1H3,(H2,6,10). The average Bonchev–Trinajstić information content (AvgIpc) is 2.87. The fourth-order valence-electron chi connectivity index (χ4n) is 1.14. The lowest BCUT2D eigenvalue weighted by Crippen LogP contribution is -2.35. The van der Waals surface area contributed by atoms with E-state index in [2.05, 4.69) is 30.8 Å². The summed E-state index contributed by atoms with van der Waals surface area (Å²) in [7, 11) is 0. The number of rotatable bonds is 5. The molecule has 0 aromatic carbocycles. The quantitative estimate of drug-likeness (QED) is 0.452. The van der Waals surface area contributed by atoms with Gasteiger partial charge in [-0.15, -0.1) is 24.9 Å². The number of hydrazine groups is 1. The Morgan fingerprint density at radius 2 is 1.89 bits per heavy atom. The molecule has 2 aromatic rings. The molecule has 0 aliphatic heterocycles. The van der Waals surface area contributed by atoms with Gasteiger partial charge in [0.25, 0.3) is 5.95 Å². The number of nitro groups is 1. The fraction of sp³-hybridized carbons (Fsp3) is 0.600. The van der Waals surface area contributed by atoms with E-state index in [1.807, 2.05) is 0 Å². The molecule has 0 bridgehead atoms. The summed E-state index contributed by atoms with van der Waals surface area (Å²) >= 11 is 0. The Balaban J connectivity index is 2.06. The predicted octanol–water partition coefficient (Wildman–Crippen LogP) is -2.34. The van der Waals surface area contributed by atoms with Gasteiger partial charge in [0.05, 0.1) is 0 Å². The van der Waals surface area contributed by atoms with Gasteiger partial charge in [-0.1, -0.05) is 10.1 Å². The Labute approximate surface area is 99.3 Å². The van der Waals surface area contributed by atoms with Gasteiger partial charge in [0, 0.05) is 0 Å². The number of hydrogen-bond donors (Lipinski definition) is 1. The number of nitrogens with two attached hydrogens (primary N) is 1. The number of aryl methyl sites for hydroxylation is 1. The van der Waals surface area contributed by atoms with E-state index in [9.17, 15) is 10.1 Å². The highest BCUT2D eigenvalue weighted by Crippen LogP contribution is 1.96. The van der Waals surface area contributed by atoms with Crippen LogP contribution in [0.25, 0.3) is 0 Å². The molecule has 96 valence electrons. The third-order valence-electron chi connectivity index (χ3n) is 1.83. The molecule has 0 aliphatic carbocycles. The zero-order chi connectivity index (χ0) is 13.1. The number of nitrogen functional groups attached to an aromatic ring is 1. The second-order valence-electron chi connectivity index (χ2n) is 3.26. The van der Waals surface area contributed by atoms with Gasteiger partial charge in [0.15, 0.2) is 24.2 Å². The van der Waals surface area contributed by atoms with Crippen molar-refractivity contribution in [3.8, 4) is 0 Å². The Kier molecular flexibility index (Phi) is 2.94. The number of nitrogens with zero attached hydrogens (tertiary/aromatic N) is 10. The first kappa shape index (κ1) is 11.6. The van der Waals surface area contributed by atoms with Crippen LogP contribution in [-0.2, 0) is 13.3 Å². The van der Waals surface area contributed by atoms with Crippen molar-refractivity contribution in [2.24, 2.45) is 0 Å². The summed E-state index contributed by atoms with van der Waals surface area (Å²) in [5.74, 6) is 0.356. The van der Waals surface area contributed by atoms with Crippen LogP contribution in [-0.4, -0.2) is 50.5 Å². The van der Waals surface area contributed by atoms with E-state index < -0.39 is 5.03 Å². The summed E-state index contributed by atoms with van der Waals surface area (Å²) < 4.78 is 0. The molecule has 2 N–H and O–H groups in total. The maximum Gasteiger partial charge on any atom is 0.260 e. The van der Waals surface area contributed by atoms with Gasteiger partial charge < -0.3 is 5.73 Å². The molecule has 0 radical (unpaired) electrons. The molecule has 0 unspecified atom stereocenters. The van der Waals surface area contributed by atoms with Crippen LogP contribution in [0.1, 0.15) is 5.82 Å². The molecular formula is C5H9N11O2. The van der Waals surface area contributed by atoms with Gasteiger partial charge in [-0.2, -0.15) is 0 Å². The highest BCUT2D eigenvalue weighted by molar-refractivity contribution is 5.06. The Morgan fingerprint density at radius 1 is 1.28 bits per heavy atom. The Bertz CT molecular complexity index is 503. The summed E-state index contributed by atoms with van der Waals surface area (Å²) in [6, 6.07) is 0. The lowest BCUT2D eigenvalue weighted by molar-refractivity contribution is -0.672. The number of tetrazole rings is 2. The van der Waals surface area contributed by atoms with Crippen LogP contribution in [0.3, 0.4) is 0 Å². The summed E-state index contributed by atoms with van der Waals surface area (Å²) in [5.41, 5.74) is 5.25. The minimum absolute atomic E-state index is 0.0620. The highest BCUT2D eigenvalue weighted by atomic mass is 16.7. The lowest BCUT2D eigenvalue weighted by Gasteiger charge is -2.11. The normalized spacial score (nSPS) is 10.5. The molecule has 0 spiro atoms. The summed E-state index contributed by atoms with van der Waals surface area (Å²) in [6.07, 6.45) is 0. The first-order chi connectivity index (χ1) is 8.54. The number of aromatic nitrogens is 8. The van der Waals surface area contributed by atoms with E-state index in [1.54, 1.807) is 6.92 Å². The summed E-state index contributed by atoms with van der Waals surface area (Å²) in [4.78, 5) is 12.9. The van der Waals surface area contributed by atoms with Crippen molar-refractivity contribution in [2.75, 3.05) is 5.73 Å². The van der Waals surface area contributed by atoms with Crippen molar-refractivity contribution in [2.45, 2.75) is 20.3 Å². The van der Waals surface area contributed by atoms with E-state index >= 15 is 0 Å². The minimum atomic E-state index is -0.627. The van der Waals surface area contributed by atoms with Crippen LogP contribution in [0.15, 0.2) is 0 Å². The topological polar surface area (TPSA) is 160 Å². The van der Waals surface area contributed by atoms with E-state index in [0.29, 0.717) is 5.82 Å². The second kappa shape index (κ2) is 4.56. The van der Waals surface area contributed by atoms with Gasteiger partial charge in [0.2, 0.25) is 0 Å². The van der Waals surface area contributed by atoms with Crippen LogP contribution < -0.4 is 5.73 Å². The second-order valence-corrected chi connectivity index (χ2v) is 3.26. The van der Waals surface area contributed by atoms with Crippen LogP contribution in [0, 0.1) is 17.0 Å². The van der Waals surface area contributed by atoms with Gasteiger partial charge in [0.1, 0.15) is 0 Å². The van der Waals surface area contributed by atoms with Crippen molar-refractivity contribution < 1.29 is 5.03 Å². The maximum atomic E-state index is 10.8. The minimum Gasteiger partial charge on any atom is -0.365 e. The molecule has 0 fully saturated rings.